The Hall–Kier alpha value is -6.14. The van der Waals surface area contributed by atoms with E-state index in [2.05, 4.69) is 38.0 Å². The van der Waals surface area contributed by atoms with E-state index in [1.165, 1.54) is 37.2 Å². The molecule has 3 aliphatic rings. The zero-order valence-electron chi connectivity index (χ0n) is 33.7. The van der Waals surface area contributed by atoms with Gasteiger partial charge in [0.25, 0.3) is 0 Å². The van der Waals surface area contributed by atoms with E-state index >= 15 is 4.39 Å². The fourth-order valence-corrected chi connectivity index (χ4v) is 8.68. The van der Waals surface area contributed by atoms with Gasteiger partial charge < -0.3 is 29.8 Å². The van der Waals surface area contributed by atoms with Crippen LogP contribution >= 0.6 is 0 Å². The number of terminal acetylenes is 1. The van der Waals surface area contributed by atoms with E-state index in [1.54, 1.807) is 29.2 Å². The summed E-state index contributed by atoms with van der Waals surface area (Å²) >= 11 is 0. The predicted molar refractivity (Wildman–Crippen MR) is 221 cm³/mol. The Balaban J connectivity index is 0.000000472. The van der Waals surface area contributed by atoms with Crippen LogP contribution in [0.2, 0.25) is 0 Å². The van der Waals surface area contributed by atoms with Crippen molar-refractivity contribution in [1.29, 1.82) is 0 Å². The third-order valence-electron chi connectivity index (χ3n) is 11.4. The van der Waals surface area contributed by atoms with E-state index < -0.39 is 35.6 Å². The van der Waals surface area contributed by atoms with Crippen molar-refractivity contribution < 1.29 is 37.3 Å². The van der Waals surface area contributed by atoms with Crippen molar-refractivity contribution in [2.24, 2.45) is 5.92 Å². The Morgan fingerprint density at radius 1 is 1.13 bits per heavy atom. The third kappa shape index (κ3) is 9.03. The lowest BCUT2D eigenvalue weighted by atomic mass is 9.95. The number of nitrogens with one attached hydrogen (secondary N) is 2. The van der Waals surface area contributed by atoms with E-state index in [1.807, 2.05) is 13.8 Å². The number of piperidine rings is 1. The van der Waals surface area contributed by atoms with Gasteiger partial charge in [-0.05, 0) is 92.8 Å². The molecule has 3 N–H and O–H groups in total. The summed E-state index contributed by atoms with van der Waals surface area (Å²) in [5, 5.41) is 14.0. The number of hydrogen-bond donors (Lipinski definition) is 3. The van der Waals surface area contributed by atoms with Crippen molar-refractivity contribution in [3.05, 3.63) is 88.0 Å². The van der Waals surface area contributed by atoms with E-state index in [0.29, 0.717) is 49.1 Å². The maximum absolute atomic E-state index is 16.3. The van der Waals surface area contributed by atoms with Gasteiger partial charge in [-0.2, -0.15) is 4.98 Å². The average molecular weight is 825 g/mol. The minimum Gasteiger partial charge on any atom is -0.508 e. The van der Waals surface area contributed by atoms with Crippen LogP contribution in [-0.4, -0.2) is 81.0 Å². The summed E-state index contributed by atoms with van der Waals surface area (Å²) in [6.07, 6.45) is 10.6. The second-order valence-electron chi connectivity index (χ2n) is 16.1. The lowest BCUT2D eigenvalue weighted by Gasteiger charge is -2.37. The molecule has 3 aliphatic heterocycles. The Morgan fingerprint density at radius 3 is 2.65 bits per heavy atom. The van der Waals surface area contributed by atoms with Crippen molar-refractivity contribution in [3.63, 3.8) is 0 Å². The standard InChI is InChI=1S/C37H33F2N5O6.C8H14FN/c1-4-6-30(46)50-25-10-7-21(8-11-25)19-49-37(48)41-23-13-20(3)17-44(18-23)35-28-16-40-33(32(39)34(28)42-36(47)43-35)27-15-24(45)14-22-9-12-29(38)26(5-2)31(22)27;1-8-3-2-4-10(8)6-7(9)5-8/h2,7-12,14-16,20,23,45H,4,6,13,17-19H2,1,3H3,(H,41,48)(H,42,43,47);7H,2-6H2,1H3/t;7-,8+/m.1/s1. The summed E-state index contributed by atoms with van der Waals surface area (Å²) in [7, 11) is 0. The summed E-state index contributed by atoms with van der Waals surface area (Å²) in [6.45, 7) is 8.55. The highest BCUT2D eigenvalue weighted by Crippen LogP contribution is 2.40. The normalized spacial score (nSPS) is 21.2. The highest BCUT2D eigenvalue weighted by atomic mass is 19.1. The molecule has 5 aromatic rings. The van der Waals surface area contributed by atoms with Crippen LogP contribution in [0.3, 0.4) is 0 Å². The maximum Gasteiger partial charge on any atom is 0.407 e. The molecule has 8 rings (SSSR count). The number of carbonyl (C=O) groups is 2. The fraction of sp³-hybridized carbons (Fsp3) is 0.400. The zero-order valence-corrected chi connectivity index (χ0v) is 33.7. The first-order chi connectivity index (χ1) is 28.7. The topological polar surface area (TPSA) is 150 Å². The second-order valence-corrected chi connectivity index (χ2v) is 16.1. The Kier molecular flexibility index (Phi) is 12.3. The van der Waals surface area contributed by atoms with E-state index in [4.69, 9.17) is 15.9 Å². The molecular formula is C45H47F3N6O6. The van der Waals surface area contributed by atoms with Crippen LogP contribution in [0.15, 0.2) is 59.5 Å². The highest BCUT2D eigenvalue weighted by molar-refractivity contribution is 6.03. The molecule has 0 spiro atoms. The average Bonchev–Trinajstić information content (AvgIpc) is 3.70. The number of phenolic OH excluding ortho intramolecular Hbond substituents is 1. The monoisotopic (exact) mass is 824 g/mol. The molecule has 314 valence electrons. The molecule has 1 amide bonds. The van der Waals surface area contributed by atoms with Gasteiger partial charge in [-0.3, -0.25) is 14.7 Å². The SMILES string of the molecule is C#Cc1c(F)ccc2cc(O)cc(-c3ncc4c(N5CC(C)CC(NC(=O)OCc6ccc(OC(=O)CCC)cc6)C5)nc(=O)[nH]c4c3F)c12.C[C@@]12CCCN1C[C@H](F)C2. The lowest BCUT2D eigenvalue weighted by molar-refractivity contribution is -0.134. The van der Waals surface area contributed by atoms with Crippen LogP contribution in [0, 0.1) is 29.9 Å². The van der Waals surface area contributed by atoms with Gasteiger partial charge in [0, 0.05) is 48.7 Å². The molecule has 3 saturated heterocycles. The number of alkyl carbamates (subject to hydrolysis) is 1. The van der Waals surface area contributed by atoms with Crippen LogP contribution in [0.4, 0.5) is 23.8 Å². The summed E-state index contributed by atoms with van der Waals surface area (Å²) in [5.41, 5.74) is -0.395. The Morgan fingerprint density at radius 2 is 1.92 bits per heavy atom. The number of nitrogens with zero attached hydrogens (tertiary/aromatic N) is 4. The predicted octanol–water partition coefficient (Wildman–Crippen LogP) is 7.53. The van der Waals surface area contributed by atoms with Gasteiger partial charge in [-0.15, -0.1) is 6.42 Å². The van der Waals surface area contributed by atoms with Crippen molar-refractivity contribution in [2.75, 3.05) is 31.1 Å². The number of anilines is 1. The lowest BCUT2D eigenvalue weighted by Crippen LogP contribution is -2.51. The Bertz CT molecular complexity index is 2530. The van der Waals surface area contributed by atoms with Crippen molar-refractivity contribution >= 4 is 39.6 Å². The number of alkyl halides is 1. The maximum atomic E-state index is 16.3. The van der Waals surface area contributed by atoms with Gasteiger partial charge in [-0.1, -0.05) is 38.0 Å². The third-order valence-corrected chi connectivity index (χ3v) is 11.4. The van der Waals surface area contributed by atoms with Gasteiger partial charge in [0.2, 0.25) is 0 Å². The van der Waals surface area contributed by atoms with Crippen LogP contribution in [-0.2, 0) is 16.1 Å². The molecule has 2 unspecified atom stereocenters. The number of halogens is 3. The number of ether oxygens (including phenoxy) is 2. The van der Waals surface area contributed by atoms with E-state index in [-0.39, 0.29) is 75.3 Å². The molecule has 0 bridgehead atoms. The number of fused-ring (bicyclic) bond motifs is 3. The molecular weight excluding hydrogens is 778 g/mol. The number of H-pyrrole nitrogens is 1. The zero-order chi connectivity index (χ0) is 42.7. The number of phenols is 1. The molecule has 12 nitrogen and oxygen atoms in total. The quantitative estimate of drug-likeness (QED) is 0.0815. The minimum atomic E-state index is -0.919. The number of amides is 1. The number of aromatic nitrogens is 3. The highest BCUT2D eigenvalue weighted by Gasteiger charge is 2.44. The molecule has 5 heterocycles. The van der Waals surface area contributed by atoms with Gasteiger partial charge >= 0.3 is 17.8 Å². The first kappa shape index (κ1) is 42.0. The summed E-state index contributed by atoms with van der Waals surface area (Å²) in [6, 6.07) is 11.5. The van der Waals surface area contributed by atoms with Crippen LogP contribution < -0.4 is 20.6 Å². The first-order valence-corrected chi connectivity index (χ1v) is 20.1. The molecule has 2 aromatic heterocycles. The smallest absolute Gasteiger partial charge is 0.407 e. The number of hydrogen-bond acceptors (Lipinski definition) is 10. The number of aromatic hydroxyl groups is 1. The van der Waals surface area contributed by atoms with Gasteiger partial charge in [0.15, 0.2) is 5.82 Å². The summed E-state index contributed by atoms with van der Waals surface area (Å²) < 4.78 is 54.5. The number of carbonyl (C=O) groups excluding carboxylic acids is 2. The van der Waals surface area contributed by atoms with Crippen LogP contribution in [0.1, 0.15) is 70.4 Å². The number of rotatable bonds is 8. The number of aromatic amines is 1. The second kappa shape index (κ2) is 17.6. The molecule has 60 heavy (non-hydrogen) atoms. The van der Waals surface area contributed by atoms with Crippen LogP contribution in [0.5, 0.6) is 11.5 Å². The van der Waals surface area contributed by atoms with Crippen molar-refractivity contribution in [2.45, 2.75) is 83.7 Å². The minimum absolute atomic E-state index is 0.0154. The first-order valence-electron chi connectivity index (χ1n) is 20.1. The summed E-state index contributed by atoms with van der Waals surface area (Å²) in [5.74, 6) is 0.771. The molecule has 3 fully saturated rings. The molecule has 4 atom stereocenters. The molecule has 3 aromatic carbocycles. The molecule has 0 aliphatic carbocycles. The van der Waals surface area contributed by atoms with Gasteiger partial charge in [-0.25, -0.2) is 22.8 Å². The number of esters is 1. The molecule has 0 saturated carbocycles. The van der Waals surface area contributed by atoms with Crippen molar-refractivity contribution in [3.8, 4) is 35.1 Å². The molecule has 0 radical (unpaired) electrons. The van der Waals surface area contributed by atoms with Crippen molar-refractivity contribution in [1.82, 2.24) is 25.2 Å². The number of pyridine rings is 1. The Labute approximate surface area is 345 Å². The summed E-state index contributed by atoms with van der Waals surface area (Å²) in [4.78, 5) is 52.3. The van der Waals surface area contributed by atoms with Crippen LogP contribution in [0.25, 0.3) is 32.9 Å². The van der Waals surface area contributed by atoms with E-state index in [9.17, 15) is 28.3 Å². The van der Waals surface area contributed by atoms with Gasteiger partial charge in [0.05, 0.1) is 22.5 Å². The number of benzene rings is 3. The largest absolute Gasteiger partial charge is 0.508 e. The molecule has 15 heteroatoms. The van der Waals surface area contributed by atoms with E-state index in [0.717, 1.165) is 19.0 Å². The fourth-order valence-electron chi connectivity index (χ4n) is 8.68. The van der Waals surface area contributed by atoms with Gasteiger partial charge in [0.1, 0.15) is 41.6 Å².